The number of amides is 2. The number of ether oxygens (including phenoxy) is 2. The first-order valence-electron chi connectivity index (χ1n) is 11.2. The first-order valence-corrected chi connectivity index (χ1v) is 11.6. The fourth-order valence-electron chi connectivity index (χ4n) is 3.38. The molecule has 0 aliphatic carbocycles. The van der Waals surface area contributed by atoms with Gasteiger partial charge in [0.15, 0.2) is 5.11 Å². The van der Waals surface area contributed by atoms with E-state index < -0.39 is 12.0 Å². The van der Waals surface area contributed by atoms with Crippen LogP contribution in [-0.4, -0.2) is 60.1 Å². The number of benzene rings is 1. The summed E-state index contributed by atoms with van der Waals surface area (Å²) in [6.45, 7) is 5.53. The third kappa shape index (κ3) is 8.11. The van der Waals surface area contributed by atoms with Gasteiger partial charge in [-0.2, -0.15) is 0 Å². The molecule has 0 spiro atoms. The minimum absolute atomic E-state index is 0.103. The van der Waals surface area contributed by atoms with Gasteiger partial charge in [-0.05, 0) is 49.8 Å². The maximum atomic E-state index is 12.6. The van der Waals surface area contributed by atoms with Crippen molar-refractivity contribution in [1.29, 1.82) is 0 Å². The number of unbranched alkanes of at least 4 members (excludes halogenated alkanes) is 4. The SMILES string of the molecule is CCCCCCCOc1ccc(C(=O)NC(=S)N2CCNC(=O)C2CC(=O)OCC)cc1. The molecule has 0 bridgehead atoms. The molecule has 1 unspecified atom stereocenters. The molecular formula is C23H33N3O5S. The van der Waals surface area contributed by atoms with Crippen LogP contribution in [0.15, 0.2) is 24.3 Å². The quantitative estimate of drug-likeness (QED) is 0.296. The zero-order valence-electron chi connectivity index (χ0n) is 18.9. The second kappa shape index (κ2) is 13.7. The molecule has 0 radical (unpaired) electrons. The molecule has 2 N–H and O–H groups in total. The van der Waals surface area contributed by atoms with Crippen molar-refractivity contribution in [2.45, 2.75) is 58.4 Å². The highest BCUT2D eigenvalue weighted by molar-refractivity contribution is 7.80. The highest BCUT2D eigenvalue weighted by Gasteiger charge is 2.34. The van der Waals surface area contributed by atoms with E-state index in [-0.39, 0.29) is 30.0 Å². The van der Waals surface area contributed by atoms with Crippen LogP contribution in [0.5, 0.6) is 5.75 Å². The van der Waals surface area contributed by atoms with E-state index in [1.165, 1.54) is 19.3 Å². The molecule has 2 amide bonds. The average molecular weight is 464 g/mol. The van der Waals surface area contributed by atoms with Crippen molar-refractivity contribution in [3.8, 4) is 5.75 Å². The number of hydrogen-bond donors (Lipinski definition) is 2. The van der Waals surface area contributed by atoms with Crippen LogP contribution in [-0.2, 0) is 14.3 Å². The van der Waals surface area contributed by atoms with Crippen LogP contribution in [0.4, 0.5) is 0 Å². The van der Waals surface area contributed by atoms with Crippen molar-refractivity contribution in [3.05, 3.63) is 29.8 Å². The maximum absolute atomic E-state index is 12.6. The van der Waals surface area contributed by atoms with Gasteiger partial charge in [-0.3, -0.25) is 19.7 Å². The normalized spacial score (nSPS) is 15.6. The summed E-state index contributed by atoms with van der Waals surface area (Å²) in [5.74, 6) is -0.490. The molecule has 1 saturated heterocycles. The summed E-state index contributed by atoms with van der Waals surface area (Å²) in [7, 11) is 0. The number of nitrogens with zero attached hydrogens (tertiary/aromatic N) is 1. The zero-order valence-corrected chi connectivity index (χ0v) is 19.7. The average Bonchev–Trinajstić information content (AvgIpc) is 2.78. The van der Waals surface area contributed by atoms with Gasteiger partial charge in [0.1, 0.15) is 11.8 Å². The number of hydrogen-bond acceptors (Lipinski definition) is 6. The topological polar surface area (TPSA) is 97.0 Å². The Bertz CT molecular complexity index is 784. The van der Waals surface area contributed by atoms with Gasteiger partial charge in [0, 0.05) is 18.7 Å². The lowest BCUT2D eigenvalue weighted by molar-refractivity contribution is -0.147. The summed E-state index contributed by atoms with van der Waals surface area (Å²) in [4.78, 5) is 38.3. The summed E-state index contributed by atoms with van der Waals surface area (Å²) in [5.41, 5.74) is 0.422. The summed E-state index contributed by atoms with van der Waals surface area (Å²) in [6.07, 6.45) is 5.70. The molecule has 8 nitrogen and oxygen atoms in total. The lowest BCUT2D eigenvalue weighted by atomic mass is 10.1. The lowest BCUT2D eigenvalue weighted by Gasteiger charge is -2.36. The fraction of sp³-hybridized carbons (Fsp3) is 0.565. The van der Waals surface area contributed by atoms with E-state index in [0.717, 1.165) is 12.8 Å². The Balaban J connectivity index is 1.88. The monoisotopic (exact) mass is 463 g/mol. The molecule has 1 heterocycles. The van der Waals surface area contributed by atoms with E-state index in [1.807, 2.05) is 0 Å². The van der Waals surface area contributed by atoms with Crippen molar-refractivity contribution < 1.29 is 23.9 Å². The molecule has 1 aliphatic rings. The Labute approximate surface area is 195 Å². The molecule has 0 saturated carbocycles. The lowest BCUT2D eigenvalue weighted by Crippen LogP contribution is -2.60. The third-order valence-electron chi connectivity index (χ3n) is 5.11. The number of carbonyl (C=O) groups excluding carboxylic acids is 3. The Morgan fingerprint density at radius 1 is 1.16 bits per heavy atom. The van der Waals surface area contributed by atoms with Crippen LogP contribution in [0.1, 0.15) is 62.7 Å². The molecule has 1 aromatic rings. The van der Waals surface area contributed by atoms with Crippen LogP contribution >= 0.6 is 12.2 Å². The van der Waals surface area contributed by atoms with Gasteiger partial charge in [-0.1, -0.05) is 32.6 Å². The largest absolute Gasteiger partial charge is 0.494 e. The van der Waals surface area contributed by atoms with Crippen molar-refractivity contribution in [2.75, 3.05) is 26.3 Å². The van der Waals surface area contributed by atoms with Crippen LogP contribution in [0.25, 0.3) is 0 Å². The second-order valence-electron chi connectivity index (χ2n) is 7.56. The molecule has 9 heteroatoms. The van der Waals surface area contributed by atoms with E-state index in [4.69, 9.17) is 21.7 Å². The Morgan fingerprint density at radius 3 is 2.56 bits per heavy atom. The standard InChI is InChI=1S/C23H33N3O5S/c1-3-5-6-7-8-15-31-18-11-9-17(10-12-18)21(28)25-23(32)26-14-13-24-22(29)19(26)16-20(27)30-4-2/h9-12,19H,3-8,13-16H2,1-2H3,(H,24,29)(H,25,28,32). The van der Waals surface area contributed by atoms with Gasteiger partial charge < -0.3 is 19.7 Å². The maximum Gasteiger partial charge on any atom is 0.308 e. The van der Waals surface area contributed by atoms with Crippen LogP contribution in [0, 0.1) is 0 Å². The first kappa shape index (κ1) is 25.6. The van der Waals surface area contributed by atoms with Gasteiger partial charge >= 0.3 is 5.97 Å². The summed E-state index contributed by atoms with van der Waals surface area (Å²) in [6, 6.07) is 6.03. The summed E-state index contributed by atoms with van der Waals surface area (Å²) < 4.78 is 10.7. The second-order valence-corrected chi connectivity index (χ2v) is 7.94. The Hall–Kier alpha value is -2.68. The van der Waals surface area contributed by atoms with Gasteiger partial charge in [0.25, 0.3) is 5.91 Å². The minimum Gasteiger partial charge on any atom is -0.494 e. The molecule has 0 aromatic heterocycles. The van der Waals surface area contributed by atoms with Crippen molar-refractivity contribution in [2.24, 2.45) is 0 Å². The number of carbonyl (C=O) groups is 3. The van der Waals surface area contributed by atoms with E-state index in [9.17, 15) is 14.4 Å². The Morgan fingerprint density at radius 2 is 1.88 bits per heavy atom. The van der Waals surface area contributed by atoms with Gasteiger partial charge in [0.05, 0.1) is 19.6 Å². The van der Waals surface area contributed by atoms with E-state index in [1.54, 1.807) is 36.1 Å². The van der Waals surface area contributed by atoms with Crippen LogP contribution in [0.3, 0.4) is 0 Å². The number of nitrogens with one attached hydrogen (secondary N) is 2. The number of esters is 1. The smallest absolute Gasteiger partial charge is 0.308 e. The number of rotatable bonds is 11. The summed E-state index contributed by atoms with van der Waals surface area (Å²) >= 11 is 5.36. The predicted octanol–water partition coefficient (Wildman–Crippen LogP) is 2.80. The highest BCUT2D eigenvalue weighted by Crippen LogP contribution is 2.15. The molecule has 32 heavy (non-hydrogen) atoms. The molecule has 1 fully saturated rings. The van der Waals surface area contributed by atoms with Gasteiger partial charge in [0.2, 0.25) is 5.91 Å². The first-order chi connectivity index (χ1) is 15.5. The van der Waals surface area contributed by atoms with E-state index >= 15 is 0 Å². The molecule has 176 valence electrons. The summed E-state index contributed by atoms with van der Waals surface area (Å²) in [5, 5.41) is 5.47. The molecular weight excluding hydrogens is 430 g/mol. The van der Waals surface area contributed by atoms with Crippen molar-refractivity contribution in [1.82, 2.24) is 15.5 Å². The molecule has 2 rings (SSSR count). The van der Waals surface area contributed by atoms with Gasteiger partial charge in [-0.25, -0.2) is 0 Å². The Kier molecular flexibility index (Phi) is 10.9. The number of thiocarbonyl (C=S) groups is 1. The van der Waals surface area contributed by atoms with Crippen molar-refractivity contribution >= 4 is 35.1 Å². The van der Waals surface area contributed by atoms with Gasteiger partial charge in [-0.15, -0.1) is 0 Å². The zero-order chi connectivity index (χ0) is 23.3. The molecule has 1 aliphatic heterocycles. The van der Waals surface area contributed by atoms with Crippen molar-refractivity contribution in [3.63, 3.8) is 0 Å². The molecule has 1 aromatic carbocycles. The van der Waals surface area contributed by atoms with E-state index in [0.29, 0.717) is 31.0 Å². The van der Waals surface area contributed by atoms with Crippen LogP contribution in [0.2, 0.25) is 0 Å². The molecule has 1 atom stereocenters. The van der Waals surface area contributed by atoms with E-state index in [2.05, 4.69) is 17.6 Å². The fourth-order valence-corrected chi connectivity index (χ4v) is 3.69. The predicted molar refractivity (Wildman–Crippen MR) is 126 cm³/mol. The minimum atomic E-state index is -0.816. The highest BCUT2D eigenvalue weighted by atomic mass is 32.1. The number of piperazine rings is 1. The third-order valence-corrected chi connectivity index (χ3v) is 5.45. The van der Waals surface area contributed by atoms with Crippen LogP contribution < -0.4 is 15.4 Å².